The van der Waals surface area contributed by atoms with Crippen LogP contribution in [-0.4, -0.2) is 30.8 Å². The third-order valence-electron chi connectivity index (χ3n) is 3.86. The first-order valence-corrected chi connectivity index (χ1v) is 6.42. The number of piperidine rings is 1. The van der Waals surface area contributed by atoms with E-state index in [0.717, 1.165) is 44.3 Å². The Morgan fingerprint density at radius 3 is 2.42 bits per heavy atom. The van der Waals surface area contributed by atoms with E-state index in [-0.39, 0.29) is 17.8 Å². The molecule has 0 unspecified atom stereocenters. The summed E-state index contributed by atoms with van der Waals surface area (Å²) < 4.78 is 0. The second-order valence-electron chi connectivity index (χ2n) is 4.89. The summed E-state index contributed by atoms with van der Waals surface area (Å²) in [6.45, 7) is 2.62. The van der Waals surface area contributed by atoms with Crippen molar-refractivity contribution < 1.29 is 4.79 Å². The Morgan fingerprint density at radius 2 is 1.89 bits per heavy atom. The molecule has 0 aromatic heterocycles. The molecule has 3 nitrogen and oxygen atoms in total. The fraction of sp³-hybridized carbons (Fsp3) is 0.467. The lowest BCUT2D eigenvalue weighted by atomic mass is 9.74. The van der Waals surface area contributed by atoms with Crippen molar-refractivity contribution in [2.75, 3.05) is 19.6 Å². The molecule has 1 heterocycles. The summed E-state index contributed by atoms with van der Waals surface area (Å²) in [5.74, 6) is 0. The van der Waals surface area contributed by atoms with Gasteiger partial charge in [-0.2, -0.15) is 5.26 Å². The highest BCUT2D eigenvalue weighted by molar-refractivity contribution is 5.85. The summed E-state index contributed by atoms with van der Waals surface area (Å²) in [5, 5.41) is 8.59. The SMILES string of the molecule is Cl.N#CCCN1CCC(C=O)(c2ccccc2)CC1. The van der Waals surface area contributed by atoms with Crippen LogP contribution >= 0.6 is 12.4 Å². The lowest BCUT2D eigenvalue weighted by Crippen LogP contribution is -2.43. The first-order valence-electron chi connectivity index (χ1n) is 6.42. The molecule has 1 saturated heterocycles. The van der Waals surface area contributed by atoms with Crippen LogP contribution in [0, 0.1) is 11.3 Å². The number of hydrogen-bond acceptors (Lipinski definition) is 3. The second-order valence-corrected chi connectivity index (χ2v) is 4.89. The molecule has 1 aliphatic rings. The van der Waals surface area contributed by atoms with E-state index in [4.69, 9.17) is 5.26 Å². The Balaban J connectivity index is 0.00000180. The predicted octanol–water partition coefficient (Wildman–Crippen LogP) is 2.55. The molecule has 1 aromatic carbocycles. The topological polar surface area (TPSA) is 44.1 Å². The number of nitriles is 1. The van der Waals surface area contributed by atoms with Crippen molar-refractivity contribution in [3.8, 4) is 6.07 Å². The summed E-state index contributed by atoms with van der Waals surface area (Å²) >= 11 is 0. The number of carbonyl (C=O) groups is 1. The molecule has 0 bridgehead atoms. The van der Waals surface area contributed by atoms with Crippen molar-refractivity contribution in [1.29, 1.82) is 5.26 Å². The molecular weight excluding hydrogens is 260 g/mol. The molecule has 0 saturated carbocycles. The number of rotatable bonds is 4. The lowest BCUT2D eigenvalue weighted by molar-refractivity contribution is -0.114. The predicted molar refractivity (Wildman–Crippen MR) is 77.3 cm³/mol. The molecular formula is C15H19ClN2O. The number of benzene rings is 1. The molecule has 102 valence electrons. The van der Waals surface area contributed by atoms with Crippen LogP contribution in [0.2, 0.25) is 0 Å². The maximum atomic E-state index is 11.5. The van der Waals surface area contributed by atoms with E-state index in [1.807, 2.05) is 30.3 Å². The summed E-state index contributed by atoms with van der Waals surface area (Å²) in [7, 11) is 0. The first kappa shape index (κ1) is 15.7. The van der Waals surface area contributed by atoms with Gasteiger partial charge in [0.2, 0.25) is 0 Å². The first-order chi connectivity index (χ1) is 8.80. The average molecular weight is 279 g/mol. The van der Waals surface area contributed by atoms with Gasteiger partial charge in [0.25, 0.3) is 0 Å². The van der Waals surface area contributed by atoms with Gasteiger partial charge in [0, 0.05) is 13.0 Å². The number of nitrogens with zero attached hydrogens (tertiary/aromatic N) is 2. The smallest absolute Gasteiger partial charge is 0.130 e. The van der Waals surface area contributed by atoms with Gasteiger partial charge in [-0.05, 0) is 31.5 Å². The van der Waals surface area contributed by atoms with Gasteiger partial charge in [0.1, 0.15) is 6.29 Å². The van der Waals surface area contributed by atoms with Gasteiger partial charge in [-0.15, -0.1) is 12.4 Å². The molecule has 0 spiro atoms. The standard InChI is InChI=1S/C15H18N2O.ClH/c16-9-4-10-17-11-7-15(13-18,8-12-17)14-5-2-1-3-6-14;/h1-3,5-6,13H,4,7-8,10-12H2;1H. The van der Waals surface area contributed by atoms with Crippen molar-refractivity contribution in [1.82, 2.24) is 4.90 Å². The van der Waals surface area contributed by atoms with Gasteiger partial charge in [0.15, 0.2) is 0 Å². The molecule has 0 amide bonds. The number of likely N-dealkylation sites (tertiary alicyclic amines) is 1. The van der Waals surface area contributed by atoms with Crippen LogP contribution in [0.15, 0.2) is 30.3 Å². The number of halogens is 1. The van der Waals surface area contributed by atoms with Gasteiger partial charge in [-0.3, -0.25) is 0 Å². The van der Waals surface area contributed by atoms with E-state index in [2.05, 4.69) is 11.0 Å². The van der Waals surface area contributed by atoms with Gasteiger partial charge >= 0.3 is 0 Å². The van der Waals surface area contributed by atoms with E-state index < -0.39 is 0 Å². The van der Waals surface area contributed by atoms with E-state index >= 15 is 0 Å². The van der Waals surface area contributed by atoms with Crippen LogP contribution in [0.4, 0.5) is 0 Å². The molecule has 1 aliphatic heterocycles. The van der Waals surface area contributed by atoms with Crippen molar-refractivity contribution >= 4 is 18.7 Å². The Kier molecular flexibility index (Phi) is 6.01. The van der Waals surface area contributed by atoms with Crippen molar-refractivity contribution in [2.24, 2.45) is 0 Å². The van der Waals surface area contributed by atoms with Crippen LogP contribution in [0.1, 0.15) is 24.8 Å². The summed E-state index contributed by atoms with van der Waals surface area (Å²) in [6, 6.07) is 12.2. The van der Waals surface area contributed by atoms with Gasteiger partial charge in [0.05, 0.1) is 11.5 Å². The minimum Gasteiger partial charge on any atom is -0.302 e. The average Bonchev–Trinajstić information content (AvgIpc) is 2.46. The number of aldehydes is 1. The van der Waals surface area contributed by atoms with E-state index in [1.54, 1.807) is 0 Å². The zero-order chi connectivity index (χ0) is 12.8. The number of hydrogen-bond donors (Lipinski definition) is 0. The molecule has 0 atom stereocenters. The second kappa shape index (κ2) is 7.28. The molecule has 19 heavy (non-hydrogen) atoms. The van der Waals surface area contributed by atoms with Crippen molar-refractivity contribution in [3.63, 3.8) is 0 Å². The maximum Gasteiger partial charge on any atom is 0.130 e. The Bertz CT molecular complexity index is 433. The van der Waals surface area contributed by atoms with Crippen LogP contribution in [-0.2, 0) is 10.2 Å². The van der Waals surface area contributed by atoms with Crippen LogP contribution in [0.5, 0.6) is 0 Å². The van der Waals surface area contributed by atoms with Crippen LogP contribution in [0.3, 0.4) is 0 Å². The Morgan fingerprint density at radius 1 is 1.26 bits per heavy atom. The van der Waals surface area contributed by atoms with Gasteiger partial charge in [-0.1, -0.05) is 30.3 Å². The molecule has 4 heteroatoms. The third-order valence-corrected chi connectivity index (χ3v) is 3.86. The molecule has 1 aromatic rings. The van der Waals surface area contributed by atoms with E-state index in [1.165, 1.54) is 0 Å². The largest absolute Gasteiger partial charge is 0.302 e. The van der Waals surface area contributed by atoms with Crippen LogP contribution < -0.4 is 0 Å². The highest BCUT2D eigenvalue weighted by Gasteiger charge is 2.35. The highest BCUT2D eigenvalue weighted by atomic mass is 35.5. The fourth-order valence-electron chi connectivity index (χ4n) is 2.63. The summed E-state index contributed by atoms with van der Waals surface area (Å²) in [6.07, 6.45) is 3.39. The zero-order valence-electron chi connectivity index (χ0n) is 10.9. The maximum absolute atomic E-state index is 11.5. The Hall–Kier alpha value is -1.37. The van der Waals surface area contributed by atoms with Crippen molar-refractivity contribution in [2.45, 2.75) is 24.7 Å². The molecule has 0 aliphatic carbocycles. The Labute approximate surface area is 120 Å². The van der Waals surface area contributed by atoms with E-state index in [0.29, 0.717) is 6.42 Å². The zero-order valence-corrected chi connectivity index (χ0v) is 11.7. The molecule has 2 rings (SSSR count). The fourth-order valence-corrected chi connectivity index (χ4v) is 2.63. The third kappa shape index (κ3) is 3.56. The van der Waals surface area contributed by atoms with Gasteiger partial charge in [-0.25, -0.2) is 0 Å². The highest BCUT2D eigenvalue weighted by Crippen LogP contribution is 2.33. The quantitative estimate of drug-likeness (QED) is 0.795. The van der Waals surface area contributed by atoms with Crippen molar-refractivity contribution in [3.05, 3.63) is 35.9 Å². The monoisotopic (exact) mass is 278 g/mol. The summed E-state index contributed by atoms with van der Waals surface area (Å²) in [5.41, 5.74) is 0.810. The number of carbonyl (C=O) groups excluding carboxylic acids is 1. The normalized spacial score (nSPS) is 18.1. The summed E-state index contributed by atoms with van der Waals surface area (Å²) in [4.78, 5) is 13.8. The minimum absolute atomic E-state index is 0. The molecule has 1 fully saturated rings. The molecule has 0 radical (unpaired) electrons. The van der Waals surface area contributed by atoms with Crippen LogP contribution in [0.25, 0.3) is 0 Å². The van der Waals surface area contributed by atoms with E-state index in [9.17, 15) is 4.79 Å². The minimum atomic E-state index is -0.315. The van der Waals surface area contributed by atoms with Gasteiger partial charge < -0.3 is 9.69 Å². The lowest BCUT2D eigenvalue weighted by Gasteiger charge is -2.38. The molecule has 0 N–H and O–H groups in total.